The summed E-state index contributed by atoms with van der Waals surface area (Å²) in [5.41, 5.74) is 1.96. The Hall–Kier alpha value is -2.90. The second-order valence-electron chi connectivity index (χ2n) is 6.79. The number of amides is 2. The number of benzene rings is 2. The van der Waals surface area contributed by atoms with Crippen molar-refractivity contribution in [2.75, 3.05) is 38.7 Å². The van der Waals surface area contributed by atoms with Gasteiger partial charge in [-0.2, -0.15) is 0 Å². The Morgan fingerprint density at radius 1 is 0.966 bits per heavy atom. The number of nitrogens with zero attached hydrogens (tertiary/aromatic N) is 1. The zero-order valence-corrected chi connectivity index (χ0v) is 17.1. The van der Waals surface area contributed by atoms with Crippen molar-refractivity contribution in [1.29, 1.82) is 0 Å². The van der Waals surface area contributed by atoms with Crippen LogP contribution in [0.4, 0.5) is 5.69 Å². The summed E-state index contributed by atoms with van der Waals surface area (Å²) in [6.07, 6.45) is -1.60. The molecule has 0 aliphatic carbocycles. The van der Waals surface area contributed by atoms with Gasteiger partial charge in [-0.3, -0.25) is 9.59 Å². The summed E-state index contributed by atoms with van der Waals surface area (Å²) in [6, 6.07) is 16.0. The highest BCUT2D eigenvalue weighted by atomic mass is 16.5. The van der Waals surface area contributed by atoms with E-state index in [-0.39, 0.29) is 24.9 Å². The number of carbonyl (C=O) groups is 2. The molecule has 2 rings (SSSR count). The standard InChI is InChI=1S/C22H29N3O4/c1-4-29-20(19(26)14-23-21(27)16-9-6-5-7-10-16)15-24-22(28)17-11-8-12-18(13-17)25(2)3/h5-13,19-20,26H,4,14-15H2,1-3H3,(H,23,27)(H,24,28)/t19-,20+/m0/s1. The molecule has 0 saturated carbocycles. The lowest BCUT2D eigenvalue weighted by atomic mass is 10.1. The fourth-order valence-electron chi connectivity index (χ4n) is 2.76. The molecule has 0 bridgehead atoms. The van der Waals surface area contributed by atoms with Crippen LogP contribution in [-0.2, 0) is 4.74 Å². The fourth-order valence-corrected chi connectivity index (χ4v) is 2.76. The molecule has 0 saturated heterocycles. The van der Waals surface area contributed by atoms with Gasteiger partial charge in [-0.15, -0.1) is 0 Å². The first-order valence-electron chi connectivity index (χ1n) is 9.60. The molecule has 0 spiro atoms. The molecule has 0 aliphatic rings. The van der Waals surface area contributed by atoms with E-state index in [1.807, 2.05) is 44.1 Å². The maximum Gasteiger partial charge on any atom is 0.251 e. The van der Waals surface area contributed by atoms with E-state index in [1.165, 1.54) is 0 Å². The number of hydrogen-bond acceptors (Lipinski definition) is 5. The molecule has 0 aliphatic heterocycles. The molecule has 7 heteroatoms. The predicted molar refractivity (Wildman–Crippen MR) is 113 cm³/mol. The van der Waals surface area contributed by atoms with Crippen molar-refractivity contribution < 1.29 is 19.4 Å². The van der Waals surface area contributed by atoms with Gasteiger partial charge in [0, 0.05) is 50.6 Å². The first kappa shape index (κ1) is 22.4. The van der Waals surface area contributed by atoms with Gasteiger partial charge < -0.3 is 25.4 Å². The van der Waals surface area contributed by atoms with Gasteiger partial charge >= 0.3 is 0 Å². The lowest BCUT2D eigenvalue weighted by molar-refractivity contribution is -0.0287. The van der Waals surface area contributed by atoms with E-state index in [4.69, 9.17) is 4.74 Å². The summed E-state index contributed by atoms with van der Waals surface area (Å²) in [5.74, 6) is -0.525. The Morgan fingerprint density at radius 3 is 2.24 bits per heavy atom. The summed E-state index contributed by atoms with van der Waals surface area (Å²) in [4.78, 5) is 26.5. The van der Waals surface area contributed by atoms with Crippen molar-refractivity contribution >= 4 is 17.5 Å². The minimum Gasteiger partial charge on any atom is -0.388 e. The molecule has 7 nitrogen and oxygen atoms in total. The average Bonchev–Trinajstić information content (AvgIpc) is 2.75. The van der Waals surface area contributed by atoms with Crippen LogP contribution in [0.25, 0.3) is 0 Å². The number of ether oxygens (including phenoxy) is 1. The lowest BCUT2D eigenvalue weighted by Gasteiger charge is -2.23. The van der Waals surface area contributed by atoms with Gasteiger partial charge in [0.25, 0.3) is 11.8 Å². The third-order valence-corrected chi connectivity index (χ3v) is 4.41. The summed E-state index contributed by atoms with van der Waals surface area (Å²) < 4.78 is 5.57. The molecule has 0 aromatic heterocycles. The molecule has 0 fully saturated rings. The van der Waals surface area contributed by atoms with Crippen LogP contribution in [0.15, 0.2) is 54.6 Å². The van der Waals surface area contributed by atoms with Gasteiger partial charge in [0.15, 0.2) is 0 Å². The fraction of sp³-hybridized carbons (Fsp3) is 0.364. The SMILES string of the molecule is CCO[C@H](CNC(=O)c1cccc(N(C)C)c1)[C@@H](O)CNC(=O)c1ccccc1. The molecule has 29 heavy (non-hydrogen) atoms. The van der Waals surface area contributed by atoms with E-state index >= 15 is 0 Å². The third-order valence-electron chi connectivity index (χ3n) is 4.41. The van der Waals surface area contributed by atoms with Crippen molar-refractivity contribution in [3.05, 3.63) is 65.7 Å². The van der Waals surface area contributed by atoms with E-state index in [1.54, 1.807) is 36.4 Å². The second-order valence-corrected chi connectivity index (χ2v) is 6.79. The van der Waals surface area contributed by atoms with Crippen molar-refractivity contribution in [2.24, 2.45) is 0 Å². The molecule has 0 radical (unpaired) electrons. The lowest BCUT2D eigenvalue weighted by Crippen LogP contribution is -2.46. The first-order valence-corrected chi connectivity index (χ1v) is 9.60. The minimum absolute atomic E-state index is 0.0182. The van der Waals surface area contributed by atoms with Gasteiger partial charge in [0.2, 0.25) is 0 Å². The Morgan fingerprint density at radius 2 is 1.59 bits per heavy atom. The molecule has 0 heterocycles. The summed E-state index contributed by atoms with van der Waals surface area (Å²) in [6.45, 7) is 2.33. The van der Waals surface area contributed by atoms with Crippen molar-refractivity contribution in [3.63, 3.8) is 0 Å². The minimum atomic E-state index is -0.962. The smallest absolute Gasteiger partial charge is 0.251 e. The molecule has 156 valence electrons. The maximum atomic E-state index is 12.5. The van der Waals surface area contributed by atoms with Crippen LogP contribution in [0.2, 0.25) is 0 Å². The molecule has 0 unspecified atom stereocenters. The van der Waals surface area contributed by atoms with Crippen LogP contribution >= 0.6 is 0 Å². The number of hydrogen-bond donors (Lipinski definition) is 3. The first-order chi connectivity index (χ1) is 13.9. The highest BCUT2D eigenvalue weighted by Crippen LogP contribution is 2.13. The quantitative estimate of drug-likeness (QED) is 0.566. The number of aliphatic hydroxyl groups excluding tert-OH is 1. The summed E-state index contributed by atoms with van der Waals surface area (Å²) >= 11 is 0. The molecular weight excluding hydrogens is 370 g/mol. The number of aliphatic hydroxyl groups is 1. The van der Waals surface area contributed by atoms with Crippen molar-refractivity contribution in [1.82, 2.24) is 10.6 Å². The Kier molecular flexibility index (Phi) is 8.64. The highest BCUT2D eigenvalue weighted by Gasteiger charge is 2.21. The highest BCUT2D eigenvalue weighted by molar-refractivity contribution is 5.95. The molecular formula is C22H29N3O4. The summed E-state index contributed by atoms with van der Waals surface area (Å²) in [5, 5.41) is 15.9. The number of rotatable bonds is 10. The molecule has 2 atom stereocenters. The molecule has 2 aromatic carbocycles. The van der Waals surface area contributed by atoms with Gasteiger partial charge in [-0.05, 0) is 37.3 Å². The van der Waals surface area contributed by atoms with Crippen molar-refractivity contribution in [2.45, 2.75) is 19.1 Å². The van der Waals surface area contributed by atoms with Gasteiger partial charge in [0.1, 0.15) is 6.10 Å². The van der Waals surface area contributed by atoms with E-state index in [0.717, 1.165) is 5.69 Å². The Bertz CT molecular complexity index is 796. The van der Waals surface area contributed by atoms with Crippen LogP contribution in [0.5, 0.6) is 0 Å². The zero-order chi connectivity index (χ0) is 21.2. The molecule has 2 aromatic rings. The van der Waals surface area contributed by atoms with Gasteiger partial charge in [-0.25, -0.2) is 0 Å². The van der Waals surface area contributed by atoms with Crippen LogP contribution in [0, 0.1) is 0 Å². The van der Waals surface area contributed by atoms with Gasteiger partial charge in [-0.1, -0.05) is 24.3 Å². The number of anilines is 1. The van der Waals surface area contributed by atoms with Crippen LogP contribution in [0.1, 0.15) is 27.6 Å². The summed E-state index contributed by atoms with van der Waals surface area (Å²) in [7, 11) is 3.81. The van der Waals surface area contributed by atoms with E-state index in [0.29, 0.717) is 17.7 Å². The maximum absolute atomic E-state index is 12.5. The van der Waals surface area contributed by atoms with Crippen molar-refractivity contribution in [3.8, 4) is 0 Å². The molecule has 3 N–H and O–H groups in total. The normalized spacial score (nSPS) is 12.7. The van der Waals surface area contributed by atoms with Crippen LogP contribution < -0.4 is 15.5 Å². The topological polar surface area (TPSA) is 90.9 Å². The second kappa shape index (κ2) is 11.2. The Balaban J connectivity index is 1.90. The van der Waals surface area contributed by atoms with E-state index in [9.17, 15) is 14.7 Å². The van der Waals surface area contributed by atoms with E-state index < -0.39 is 12.2 Å². The largest absolute Gasteiger partial charge is 0.388 e. The predicted octanol–water partition coefficient (Wildman–Crippen LogP) is 1.68. The van der Waals surface area contributed by atoms with Gasteiger partial charge in [0.05, 0.1) is 6.10 Å². The third kappa shape index (κ3) is 6.89. The Labute approximate surface area is 171 Å². The van der Waals surface area contributed by atoms with E-state index in [2.05, 4.69) is 10.6 Å². The zero-order valence-electron chi connectivity index (χ0n) is 17.1. The monoisotopic (exact) mass is 399 g/mol. The molecule has 2 amide bonds. The van der Waals surface area contributed by atoms with Crippen LogP contribution in [-0.4, -0.2) is 62.9 Å². The van der Waals surface area contributed by atoms with Crippen LogP contribution in [0.3, 0.4) is 0 Å². The number of nitrogens with one attached hydrogen (secondary N) is 2. The average molecular weight is 399 g/mol. The number of carbonyl (C=O) groups excluding carboxylic acids is 2.